The summed E-state index contributed by atoms with van der Waals surface area (Å²) in [5, 5.41) is 4.62. The van der Waals surface area contributed by atoms with Gasteiger partial charge in [-0.25, -0.2) is 0 Å². The van der Waals surface area contributed by atoms with Gasteiger partial charge in [-0.3, -0.25) is 0 Å². The molecule has 0 spiro atoms. The quantitative estimate of drug-likeness (QED) is 0.897. The second-order valence-electron chi connectivity index (χ2n) is 5.01. The van der Waals surface area contributed by atoms with E-state index >= 15 is 0 Å². The molecule has 1 fully saturated rings. The molecule has 3 rings (SSSR count). The number of rotatable bonds is 3. The molecule has 2 heterocycles. The average molecular weight is 300 g/mol. The number of hydrogen-bond donors (Lipinski definition) is 1. The van der Waals surface area contributed by atoms with Gasteiger partial charge in [0.15, 0.2) is 0 Å². The minimum Gasteiger partial charge on any atom is -0.310 e. The molecule has 2 aliphatic rings. The monoisotopic (exact) mass is 299 g/mol. The standard InChI is InChI=1S/C14H18ClNS2/c15-11-1-2-14-12(7-11)13(4-6-18-14)16-8-10-3-5-17-9-10/h1-2,7,10,13,16H,3-6,8-9H2. The first-order chi connectivity index (χ1) is 8.83. The minimum atomic E-state index is 0.505. The van der Waals surface area contributed by atoms with Crippen LogP contribution in [0.1, 0.15) is 24.4 Å². The van der Waals surface area contributed by atoms with E-state index in [2.05, 4.69) is 29.2 Å². The number of nitrogens with one attached hydrogen (secondary N) is 1. The van der Waals surface area contributed by atoms with Gasteiger partial charge in [-0.1, -0.05) is 11.6 Å². The first-order valence-corrected chi connectivity index (χ1v) is 9.08. The van der Waals surface area contributed by atoms with Crippen LogP contribution >= 0.6 is 35.1 Å². The Kier molecular flexibility index (Phi) is 4.45. The normalized spacial score (nSPS) is 27.2. The van der Waals surface area contributed by atoms with Crippen molar-refractivity contribution in [2.24, 2.45) is 5.92 Å². The number of benzene rings is 1. The molecule has 1 N–H and O–H groups in total. The Morgan fingerprint density at radius 3 is 3.06 bits per heavy atom. The molecule has 2 atom stereocenters. The molecule has 1 nitrogen and oxygen atoms in total. The number of halogens is 1. The second-order valence-corrected chi connectivity index (χ2v) is 7.73. The van der Waals surface area contributed by atoms with E-state index in [1.54, 1.807) is 0 Å². The zero-order valence-electron chi connectivity index (χ0n) is 10.3. The third-order valence-electron chi connectivity index (χ3n) is 3.69. The number of hydrogen-bond acceptors (Lipinski definition) is 3. The zero-order chi connectivity index (χ0) is 12.4. The molecule has 1 saturated heterocycles. The van der Waals surface area contributed by atoms with Gasteiger partial charge in [0.25, 0.3) is 0 Å². The molecule has 0 bridgehead atoms. The van der Waals surface area contributed by atoms with Crippen molar-refractivity contribution in [1.82, 2.24) is 5.32 Å². The van der Waals surface area contributed by atoms with Crippen LogP contribution in [-0.2, 0) is 0 Å². The summed E-state index contributed by atoms with van der Waals surface area (Å²) >= 11 is 10.2. The van der Waals surface area contributed by atoms with Gasteiger partial charge in [0.05, 0.1) is 0 Å². The van der Waals surface area contributed by atoms with E-state index < -0.39 is 0 Å². The van der Waals surface area contributed by atoms with Gasteiger partial charge in [-0.05, 0) is 66.3 Å². The Balaban J connectivity index is 1.68. The lowest BCUT2D eigenvalue weighted by Crippen LogP contribution is -2.29. The van der Waals surface area contributed by atoms with E-state index in [-0.39, 0.29) is 0 Å². The number of fused-ring (bicyclic) bond motifs is 1. The van der Waals surface area contributed by atoms with Gasteiger partial charge in [0.2, 0.25) is 0 Å². The summed E-state index contributed by atoms with van der Waals surface area (Å²) in [7, 11) is 0. The van der Waals surface area contributed by atoms with Crippen LogP contribution in [0.25, 0.3) is 0 Å². The third-order valence-corrected chi connectivity index (χ3v) is 6.28. The van der Waals surface area contributed by atoms with E-state index in [0.717, 1.165) is 17.5 Å². The Morgan fingerprint density at radius 1 is 1.28 bits per heavy atom. The highest BCUT2D eigenvalue weighted by Crippen LogP contribution is 2.37. The first kappa shape index (κ1) is 13.2. The van der Waals surface area contributed by atoms with E-state index in [1.165, 1.54) is 40.6 Å². The van der Waals surface area contributed by atoms with Crippen molar-refractivity contribution in [3.05, 3.63) is 28.8 Å². The molecule has 98 valence electrons. The molecule has 2 aliphatic heterocycles. The summed E-state index contributed by atoms with van der Waals surface area (Å²) in [6.45, 7) is 1.16. The smallest absolute Gasteiger partial charge is 0.0410 e. The fourth-order valence-corrected chi connectivity index (χ4v) is 5.20. The van der Waals surface area contributed by atoms with E-state index in [9.17, 15) is 0 Å². The fourth-order valence-electron chi connectivity index (χ4n) is 2.63. The molecule has 0 amide bonds. The van der Waals surface area contributed by atoms with E-state index in [4.69, 9.17) is 11.6 Å². The second kappa shape index (κ2) is 6.08. The van der Waals surface area contributed by atoms with Crippen molar-refractivity contribution >= 4 is 35.1 Å². The van der Waals surface area contributed by atoms with Crippen LogP contribution in [0.15, 0.2) is 23.1 Å². The molecular formula is C14H18ClNS2. The SMILES string of the molecule is Clc1ccc2c(c1)C(NCC1CCSC1)CCS2. The topological polar surface area (TPSA) is 12.0 Å². The number of thioether (sulfide) groups is 2. The van der Waals surface area contributed by atoms with Gasteiger partial charge >= 0.3 is 0 Å². The third kappa shape index (κ3) is 3.01. The van der Waals surface area contributed by atoms with Gasteiger partial charge in [-0.15, -0.1) is 11.8 Å². The summed E-state index contributed by atoms with van der Waals surface area (Å²) in [4.78, 5) is 1.41. The van der Waals surface area contributed by atoms with Crippen LogP contribution in [0.5, 0.6) is 0 Å². The van der Waals surface area contributed by atoms with Crippen molar-refractivity contribution in [2.75, 3.05) is 23.8 Å². The van der Waals surface area contributed by atoms with Crippen molar-refractivity contribution in [3.63, 3.8) is 0 Å². The van der Waals surface area contributed by atoms with Crippen LogP contribution in [0, 0.1) is 5.92 Å². The zero-order valence-corrected chi connectivity index (χ0v) is 12.7. The lowest BCUT2D eigenvalue weighted by Gasteiger charge is -2.27. The highest BCUT2D eigenvalue weighted by atomic mass is 35.5. The predicted octanol–water partition coefficient (Wildman–Crippen LogP) is 4.22. The van der Waals surface area contributed by atoms with Crippen LogP contribution in [0.3, 0.4) is 0 Å². The Morgan fingerprint density at radius 2 is 2.22 bits per heavy atom. The van der Waals surface area contributed by atoms with Crippen LogP contribution in [-0.4, -0.2) is 23.8 Å². The van der Waals surface area contributed by atoms with Crippen LogP contribution in [0.2, 0.25) is 5.02 Å². The maximum atomic E-state index is 6.13. The molecule has 0 aromatic heterocycles. The van der Waals surface area contributed by atoms with Crippen LogP contribution in [0.4, 0.5) is 0 Å². The summed E-state index contributed by atoms with van der Waals surface area (Å²) in [5.41, 5.74) is 1.41. The molecule has 0 radical (unpaired) electrons. The van der Waals surface area contributed by atoms with Gasteiger partial charge in [-0.2, -0.15) is 11.8 Å². The Bertz CT molecular complexity index is 418. The highest BCUT2D eigenvalue weighted by molar-refractivity contribution is 7.99. The van der Waals surface area contributed by atoms with Gasteiger partial charge in [0.1, 0.15) is 0 Å². The summed E-state index contributed by atoms with van der Waals surface area (Å²) in [6, 6.07) is 6.82. The molecule has 1 aromatic rings. The lowest BCUT2D eigenvalue weighted by molar-refractivity contribution is 0.446. The maximum Gasteiger partial charge on any atom is 0.0410 e. The summed E-state index contributed by atoms with van der Waals surface area (Å²) < 4.78 is 0. The largest absolute Gasteiger partial charge is 0.310 e. The van der Waals surface area contributed by atoms with E-state index in [0.29, 0.717) is 6.04 Å². The lowest BCUT2D eigenvalue weighted by atomic mass is 10.0. The van der Waals surface area contributed by atoms with Gasteiger partial charge in [0, 0.05) is 16.0 Å². The Hall–Kier alpha value is 0.170. The van der Waals surface area contributed by atoms with Crippen LogP contribution < -0.4 is 5.32 Å². The van der Waals surface area contributed by atoms with Crippen molar-refractivity contribution < 1.29 is 0 Å². The fraction of sp³-hybridized carbons (Fsp3) is 0.571. The summed E-state index contributed by atoms with van der Waals surface area (Å²) in [5.74, 6) is 4.75. The molecule has 0 saturated carbocycles. The molecule has 0 aliphatic carbocycles. The molecule has 18 heavy (non-hydrogen) atoms. The van der Waals surface area contributed by atoms with Crippen molar-refractivity contribution in [3.8, 4) is 0 Å². The van der Waals surface area contributed by atoms with Crippen molar-refractivity contribution in [1.29, 1.82) is 0 Å². The van der Waals surface area contributed by atoms with Crippen molar-refractivity contribution in [2.45, 2.75) is 23.8 Å². The molecule has 2 unspecified atom stereocenters. The first-order valence-electron chi connectivity index (χ1n) is 6.56. The summed E-state index contributed by atoms with van der Waals surface area (Å²) in [6.07, 6.45) is 2.60. The predicted molar refractivity (Wildman–Crippen MR) is 83.0 cm³/mol. The Labute approximate surface area is 122 Å². The minimum absolute atomic E-state index is 0.505. The van der Waals surface area contributed by atoms with Gasteiger partial charge < -0.3 is 5.32 Å². The molecule has 1 aromatic carbocycles. The maximum absolute atomic E-state index is 6.13. The van der Waals surface area contributed by atoms with E-state index in [1.807, 2.05) is 17.8 Å². The highest BCUT2D eigenvalue weighted by Gasteiger charge is 2.22. The average Bonchev–Trinajstić information content (AvgIpc) is 2.89. The molecular weight excluding hydrogens is 282 g/mol. The molecule has 4 heteroatoms.